The molecule has 0 saturated carbocycles. The number of hydrogen-bond donors (Lipinski definition) is 0. The van der Waals surface area contributed by atoms with Crippen molar-refractivity contribution in [3.63, 3.8) is 0 Å². The molecule has 2 rings (SSSR count). The maximum absolute atomic E-state index is 12.1. The Hall–Kier alpha value is -2.33. The number of nitrogens with zero attached hydrogens (tertiary/aromatic N) is 1. The lowest BCUT2D eigenvalue weighted by Gasteiger charge is -2.20. The second-order valence-corrected chi connectivity index (χ2v) is 3.94. The fraction of sp³-hybridized carbons (Fsp3) is 0.133. The summed E-state index contributed by atoms with van der Waals surface area (Å²) in [6, 6.07) is 16.3. The molecule has 0 aliphatic rings. The lowest BCUT2D eigenvalue weighted by molar-refractivity contribution is 0.135. The Morgan fingerprint density at radius 3 is 2.26 bits per heavy atom. The first kappa shape index (κ1) is 13.1. The number of amides is 1. The van der Waals surface area contributed by atoms with Gasteiger partial charge in [0.25, 0.3) is 0 Å². The Kier molecular flexibility index (Phi) is 4.15. The normalized spacial score (nSPS) is 10.0. The molecule has 2 aromatic carbocycles. The van der Waals surface area contributed by atoms with E-state index in [9.17, 15) is 4.79 Å². The molecule has 0 atom stereocenters. The van der Waals surface area contributed by atoms with Crippen molar-refractivity contribution in [2.75, 3.05) is 12.2 Å². The molecule has 0 fully saturated rings. The zero-order valence-electron chi connectivity index (χ0n) is 10.9. The van der Waals surface area contributed by atoms with E-state index >= 15 is 0 Å². The zero-order chi connectivity index (χ0) is 13.7. The standard InChI is InChI=1S/C15H15NO3/c1-12-8-6-7-11-14(12)16(18-2)15(17)19-13-9-4-3-5-10-13/h3-11H,1-2H3. The number of carbonyl (C=O) groups is 1. The topological polar surface area (TPSA) is 38.8 Å². The number of aryl methyl sites for hydroxylation is 1. The molecular formula is C15H15NO3. The summed E-state index contributed by atoms with van der Waals surface area (Å²) in [7, 11) is 1.43. The van der Waals surface area contributed by atoms with Gasteiger partial charge in [-0.05, 0) is 30.7 Å². The SMILES string of the molecule is CON(C(=O)Oc1ccccc1)c1ccccc1C. The number of ether oxygens (including phenoxy) is 1. The third-order valence-corrected chi connectivity index (χ3v) is 2.63. The first-order valence-electron chi connectivity index (χ1n) is 5.89. The van der Waals surface area contributed by atoms with Gasteiger partial charge >= 0.3 is 6.09 Å². The highest BCUT2D eigenvalue weighted by Crippen LogP contribution is 2.21. The molecule has 0 radical (unpaired) electrons. The van der Waals surface area contributed by atoms with Crippen molar-refractivity contribution in [1.82, 2.24) is 0 Å². The highest BCUT2D eigenvalue weighted by molar-refractivity contribution is 5.87. The quantitative estimate of drug-likeness (QED) is 0.789. The number of hydroxylamine groups is 1. The molecule has 0 bridgehead atoms. The third kappa shape index (κ3) is 3.11. The van der Waals surface area contributed by atoms with Crippen molar-refractivity contribution < 1.29 is 14.4 Å². The van der Waals surface area contributed by atoms with Gasteiger partial charge in [-0.2, -0.15) is 5.06 Å². The van der Waals surface area contributed by atoms with Gasteiger partial charge in [0.2, 0.25) is 0 Å². The summed E-state index contributed by atoms with van der Waals surface area (Å²) >= 11 is 0. The average molecular weight is 257 g/mol. The maximum Gasteiger partial charge on any atom is 0.444 e. The molecule has 0 aromatic heterocycles. The van der Waals surface area contributed by atoms with Crippen LogP contribution in [0.4, 0.5) is 10.5 Å². The summed E-state index contributed by atoms with van der Waals surface area (Å²) in [5, 5.41) is 1.13. The van der Waals surface area contributed by atoms with Crippen molar-refractivity contribution in [3.05, 3.63) is 60.2 Å². The van der Waals surface area contributed by atoms with Gasteiger partial charge in [0.1, 0.15) is 5.75 Å². The molecule has 4 nitrogen and oxygen atoms in total. The zero-order valence-corrected chi connectivity index (χ0v) is 10.9. The van der Waals surface area contributed by atoms with Gasteiger partial charge in [0, 0.05) is 0 Å². The fourth-order valence-corrected chi connectivity index (χ4v) is 1.69. The van der Waals surface area contributed by atoms with Crippen LogP contribution in [-0.2, 0) is 4.84 Å². The Bertz CT molecular complexity index is 554. The summed E-state index contributed by atoms with van der Waals surface area (Å²) in [6.45, 7) is 1.90. The van der Waals surface area contributed by atoms with E-state index in [0.717, 1.165) is 10.6 Å². The van der Waals surface area contributed by atoms with Gasteiger partial charge in [0.15, 0.2) is 0 Å². The number of benzene rings is 2. The Balaban J connectivity index is 2.19. The predicted octanol–water partition coefficient (Wildman–Crippen LogP) is 3.56. The first-order chi connectivity index (χ1) is 9.22. The molecular weight excluding hydrogens is 242 g/mol. The molecule has 0 aliphatic heterocycles. The van der Waals surface area contributed by atoms with E-state index in [0.29, 0.717) is 11.4 Å². The van der Waals surface area contributed by atoms with E-state index in [2.05, 4.69) is 0 Å². The third-order valence-electron chi connectivity index (χ3n) is 2.63. The Labute approximate surface area is 112 Å². The Morgan fingerprint density at radius 1 is 1.00 bits per heavy atom. The molecule has 0 unspecified atom stereocenters. The second-order valence-electron chi connectivity index (χ2n) is 3.94. The van der Waals surface area contributed by atoms with Crippen LogP contribution in [-0.4, -0.2) is 13.2 Å². The number of hydrogen-bond acceptors (Lipinski definition) is 3. The summed E-state index contributed by atoms with van der Waals surface area (Å²) in [5.74, 6) is 0.475. The molecule has 1 amide bonds. The van der Waals surface area contributed by atoms with Crippen LogP contribution >= 0.6 is 0 Å². The summed E-state index contributed by atoms with van der Waals surface area (Å²) in [5.41, 5.74) is 1.58. The van der Waals surface area contributed by atoms with Gasteiger partial charge in [-0.15, -0.1) is 0 Å². The summed E-state index contributed by atoms with van der Waals surface area (Å²) in [4.78, 5) is 17.2. The van der Waals surface area contributed by atoms with Crippen LogP contribution in [0.15, 0.2) is 54.6 Å². The van der Waals surface area contributed by atoms with E-state index in [4.69, 9.17) is 9.57 Å². The minimum Gasteiger partial charge on any atom is -0.408 e. The number of rotatable bonds is 3. The van der Waals surface area contributed by atoms with Crippen LogP contribution < -0.4 is 9.80 Å². The van der Waals surface area contributed by atoms with Gasteiger partial charge in [-0.3, -0.25) is 4.84 Å². The average Bonchev–Trinajstić information content (AvgIpc) is 2.43. The van der Waals surface area contributed by atoms with Crippen LogP contribution in [0.1, 0.15) is 5.56 Å². The second kappa shape index (κ2) is 6.02. The first-order valence-corrected chi connectivity index (χ1v) is 5.89. The van der Waals surface area contributed by atoms with Crippen LogP contribution in [0.25, 0.3) is 0 Å². The van der Waals surface area contributed by atoms with Crippen LogP contribution in [0.2, 0.25) is 0 Å². The minimum atomic E-state index is -0.581. The van der Waals surface area contributed by atoms with Crippen LogP contribution in [0, 0.1) is 6.92 Å². The number of carbonyl (C=O) groups excluding carboxylic acids is 1. The molecule has 0 aliphatic carbocycles. The number of anilines is 1. The predicted molar refractivity (Wildman–Crippen MR) is 73.1 cm³/mol. The molecule has 0 spiro atoms. The highest BCUT2D eigenvalue weighted by atomic mass is 16.7. The van der Waals surface area contributed by atoms with Crippen molar-refractivity contribution in [2.24, 2.45) is 0 Å². The lowest BCUT2D eigenvalue weighted by atomic mass is 10.2. The van der Waals surface area contributed by atoms with Crippen LogP contribution in [0.5, 0.6) is 5.75 Å². The molecule has 0 saturated heterocycles. The summed E-state index contributed by atoms with van der Waals surface area (Å²) in [6.07, 6.45) is -0.581. The van der Waals surface area contributed by atoms with Crippen LogP contribution in [0.3, 0.4) is 0 Å². The number of para-hydroxylation sites is 2. The minimum absolute atomic E-state index is 0.475. The largest absolute Gasteiger partial charge is 0.444 e. The molecule has 4 heteroatoms. The highest BCUT2D eigenvalue weighted by Gasteiger charge is 2.19. The summed E-state index contributed by atoms with van der Waals surface area (Å²) < 4.78 is 5.24. The van der Waals surface area contributed by atoms with Crippen molar-refractivity contribution >= 4 is 11.8 Å². The van der Waals surface area contributed by atoms with Crippen molar-refractivity contribution in [2.45, 2.75) is 6.92 Å². The maximum atomic E-state index is 12.1. The van der Waals surface area contributed by atoms with Crippen molar-refractivity contribution in [1.29, 1.82) is 0 Å². The van der Waals surface area contributed by atoms with Gasteiger partial charge < -0.3 is 4.74 Å². The van der Waals surface area contributed by atoms with Crippen molar-refractivity contribution in [3.8, 4) is 5.75 Å². The lowest BCUT2D eigenvalue weighted by Crippen LogP contribution is -2.33. The van der Waals surface area contributed by atoms with E-state index in [1.807, 2.05) is 31.2 Å². The molecule has 98 valence electrons. The van der Waals surface area contributed by atoms with E-state index in [1.165, 1.54) is 7.11 Å². The smallest absolute Gasteiger partial charge is 0.408 e. The fourth-order valence-electron chi connectivity index (χ4n) is 1.69. The van der Waals surface area contributed by atoms with E-state index in [1.54, 1.807) is 30.3 Å². The van der Waals surface area contributed by atoms with E-state index in [-0.39, 0.29) is 0 Å². The molecule has 0 N–H and O–H groups in total. The molecule has 0 heterocycles. The Morgan fingerprint density at radius 2 is 1.63 bits per heavy atom. The van der Waals surface area contributed by atoms with Gasteiger partial charge in [-0.25, -0.2) is 4.79 Å². The van der Waals surface area contributed by atoms with E-state index < -0.39 is 6.09 Å². The molecule has 19 heavy (non-hydrogen) atoms. The molecule has 2 aromatic rings. The van der Waals surface area contributed by atoms with Gasteiger partial charge in [-0.1, -0.05) is 36.4 Å². The van der Waals surface area contributed by atoms with Gasteiger partial charge in [0.05, 0.1) is 12.8 Å². The monoisotopic (exact) mass is 257 g/mol.